The number of benzene rings is 1. The van der Waals surface area contributed by atoms with Gasteiger partial charge in [0.05, 0.1) is 13.2 Å². The van der Waals surface area contributed by atoms with Crippen molar-refractivity contribution in [2.75, 3.05) is 13.2 Å². The van der Waals surface area contributed by atoms with Crippen LogP contribution in [-0.4, -0.2) is 27.3 Å². The van der Waals surface area contributed by atoms with Gasteiger partial charge >= 0.3 is 5.97 Å². The Morgan fingerprint density at radius 3 is 2.12 bits per heavy atom. The van der Waals surface area contributed by atoms with Crippen molar-refractivity contribution in [2.45, 2.75) is 97.9 Å². The Bertz CT molecular complexity index is 815. The number of hydrogen-bond acceptors (Lipinski definition) is 3. The molecule has 0 heterocycles. The summed E-state index contributed by atoms with van der Waals surface area (Å²) in [7, 11) is -1.72. The van der Waals surface area contributed by atoms with Crippen molar-refractivity contribution in [3.8, 4) is 23.3 Å². The Hall–Kier alpha value is -2.01. The average Bonchev–Trinajstić information content (AvgIpc) is 2.78. The lowest BCUT2D eigenvalue weighted by Crippen LogP contribution is -2.43. The monoisotopic (exact) mass is 482 g/mol. The molecule has 0 spiro atoms. The third kappa shape index (κ3) is 9.69. The lowest BCUT2D eigenvalue weighted by molar-refractivity contribution is -0.136. The molecule has 1 rings (SSSR count). The summed E-state index contributed by atoms with van der Waals surface area (Å²) in [6.45, 7) is 19.7. The molecule has 0 bridgehead atoms. The van der Waals surface area contributed by atoms with Gasteiger partial charge in [0.15, 0.2) is 0 Å². The molecule has 1 aromatic rings. The first-order valence-corrected chi connectivity index (χ1v) is 15.2. The molecular formula is C30H46O3Si. The highest BCUT2D eigenvalue weighted by Gasteiger charge is 2.41. The quantitative estimate of drug-likeness (QED) is 0.102. The number of ether oxygens (including phenoxy) is 2. The van der Waals surface area contributed by atoms with Crippen LogP contribution < -0.4 is 0 Å². The summed E-state index contributed by atoms with van der Waals surface area (Å²) < 4.78 is 10.9. The second-order valence-electron chi connectivity index (χ2n) is 10.1. The summed E-state index contributed by atoms with van der Waals surface area (Å²) >= 11 is 0. The standard InChI is InChI=1S/C30H46O3Si/c1-9-33-30(31)19-18-29(27(8)20-21-32-23-28-15-11-10-12-16-28)17-13-14-22-34(24(2)3,25(4)5)26(6)7/h10-12,15-16,24-27,29H,9,13,17,20-21,23H2,1-8H3/t27-,29+/m1/s1. The van der Waals surface area contributed by atoms with Gasteiger partial charge in [0, 0.05) is 24.9 Å². The lowest BCUT2D eigenvalue weighted by atomic mass is 9.88. The molecule has 3 nitrogen and oxygen atoms in total. The highest BCUT2D eigenvalue weighted by Crippen LogP contribution is 2.40. The number of hydrogen-bond donors (Lipinski definition) is 0. The normalized spacial score (nSPS) is 13.1. The molecule has 0 aliphatic heterocycles. The van der Waals surface area contributed by atoms with Gasteiger partial charge in [-0.2, -0.15) is 0 Å². The number of carbonyl (C=O) groups excluding carboxylic acids is 1. The van der Waals surface area contributed by atoms with Crippen LogP contribution in [0.5, 0.6) is 0 Å². The summed E-state index contributed by atoms with van der Waals surface area (Å²) in [5.41, 5.74) is 6.86. The summed E-state index contributed by atoms with van der Waals surface area (Å²) in [5.74, 6) is 9.40. The Balaban J connectivity index is 2.82. The minimum absolute atomic E-state index is 0.0900. The van der Waals surface area contributed by atoms with Crippen molar-refractivity contribution in [2.24, 2.45) is 11.8 Å². The fourth-order valence-corrected chi connectivity index (χ4v) is 10.2. The molecule has 1 aromatic carbocycles. The molecule has 0 aromatic heterocycles. The summed E-state index contributed by atoms with van der Waals surface area (Å²) in [5, 5.41) is 0. The predicted molar refractivity (Wildman–Crippen MR) is 146 cm³/mol. The Labute approximate surface area is 210 Å². The highest BCUT2D eigenvalue weighted by atomic mass is 28.3. The molecule has 2 atom stereocenters. The average molecular weight is 483 g/mol. The maximum atomic E-state index is 11.8. The van der Waals surface area contributed by atoms with Crippen molar-refractivity contribution in [1.29, 1.82) is 0 Å². The van der Waals surface area contributed by atoms with Crippen LogP contribution >= 0.6 is 0 Å². The van der Waals surface area contributed by atoms with Gasteiger partial charge in [0.25, 0.3) is 0 Å². The maximum absolute atomic E-state index is 11.8. The fraction of sp³-hybridized carbons (Fsp3) is 0.633. The first kappa shape index (κ1) is 30.0. The van der Waals surface area contributed by atoms with E-state index < -0.39 is 14.0 Å². The highest BCUT2D eigenvalue weighted by molar-refractivity contribution is 6.90. The second-order valence-corrected chi connectivity index (χ2v) is 15.7. The molecular weight excluding hydrogens is 436 g/mol. The predicted octanol–water partition coefficient (Wildman–Crippen LogP) is 7.41. The molecule has 0 N–H and O–H groups in total. The molecule has 0 radical (unpaired) electrons. The van der Waals surface area contributed by atoms with Crippen LogP contribution in [0.25, 0.3) is 0 Å². The van der Waals surface area contributed by atoms with Gasteiger partial charge in [0.1, 0.15) is 8.07 Å². The van der Waals surface area contributed by atoms with E-state index in [9.17, 15) is 4.79 Å². The van der Waals surface area contributed by atoms with Crippen LogP contribution in [0.1, 0.15) is 80.2 Å². The molecule has 0 aliphatic carbocycles. The molecule has 34 heavy (non-hydrogen) atoms. The second kappa shape index (κ2) is 15.8. The minimum Gasteiger partial charge on any atom is -0.456 e. The van der Waals surface area contributed by atoms with Gasteiger partial charge in [-0.1, -0.05) is 84.7 Å². The molecule has 188 valence electrons. The van der Waals surface area contributed by atoms with Crippen LogP contribution in [0.15, 0.2) is 30.3 Å². The third-order valence-electron chi connectivity index (χ3n) is 6.90. The molecule has 0 fully saturated rings. The smallest absolute Gasteiger partial charge is 0.384 e. The van der Waals surface area contributed by atoms with Gasteiger partial charge in [-0.3, -0.25) is 0 Å². The van der Waals surface area contributed by atoms with E-state index in [-0.39, 0.29) is 5.92 Å². The first-order valence-electron chi connectivity index (χ1n) is 12.9. The van der Waals surface area contributed by atoms with Crippen LogP contribution in [-0.2, 0) is 20.9 Å². The van der Waals surface area contributed by atoms with E-state index in [1.165, 1.54) is 5.56 Å². The topological polar surface area (TPSA) is 35.5 Å². The first-order chi connectivity index (χ1) is 16.1. The maximum Gasteiger partial charge on any atom is 0.384 e. The van der Waals surface area contributed by atoms with E-state index in [4.69, 9.17) is 9.47 Å². The van der Waals surface area contributed by atoms with Gasteiger partial charge in [0.2, 0.25) is 0 Å². The third-order valence-corrected chi connectivity index (χ3v) is 13.2. The summed E-state index contributed by atoms with van der Waals surface area (Å²) in [4.78, 5) is 11.8. The molecule has 0 unspecified atom stereocenters. The van der Waals surface area contributed by atoms with Crippen molar-refractivity contribution in [3.63, 3.8) is 0 Å². The van der Waals surface area contributed by atoms with Crippen LogP contribution in [0, 0.1) is 35.1 Å². The fourth-order valence-electron chi connectivity index (χ4n) is 4.93. The van der Waals surface area contributed by atoms with Crippen molar-refractivity contribution in [3.05, 3.63) is 35.9 Å². The van der Waals surface area contributed by atoms with Gasteiger partial charge in [-0.05, 0) is 47.9 Å². The van der Waals surface area contributed by atoms with Crippen LogP contribution in [0.2, 0.25) is 16.6 Å². The minimum atomic E-state index is -1.72. The van der Waals surface area contributed by atoms with E-state index in [2.05, 4.69) is 83.9 Å². The van der Waals surface area contributed by atoms with E-state index in [0.29, 0.717) is 42.4 Å². The van der Waals surface area contributed by atoms with E-state index in [1.54, 1.807) is 6.92 Å². The largest absolute Gasteiger partial charge is 0.456 e. The summed E-state index contributed by atoms with van der Waals surface area (Å²) in [6, 6.07) is 10.2. The summed E-state index contributed by atoms with van der Waals surface area (Å²) in [6.07, 6.45) is 2.56. The molecule has 0 saturated heterocycles. The number of carbonyl (C=O) groups is 1. The molecule has 0 aliphatic rings. The zero-order chi connectivity index (χ0) is 25.6. The molecule has 4 heteroatoms. The molecule has 0 amide bonds. The van der Waals surface area contributed by atoms with Gasteiger partial charge in [-0.25, -0.2) is 4.79 Å². The van der Waals surface area contributed by atoms with E-state index >= 15 is 0 Å². The Morgan fingerprint density at radius 2 is 1.56 bits per heavy atom. The number of esters is 1. The van der Waals surface area contributed by atoms with E-state index in [1.807, 2.05) is 18.2 Å². The van der Waals surface area contributed by atoms with Crippen molar-refractivity contribution >= 4 is 14.0 Å². The van der Waals surface area contributed by atoms with Gasteiger partial charge in [-0.15, -0.1) is 11.5 Å². The zero-order valence-corrected chi connectivity index (χ0v) is 23.7. The van der Waals surface area contributed by atoms with E-state index in [0.717, 1.165) is 19.3 Å². The zero-order valence-electron chi connectivity index (χ0n) is 22.7. The lowest BCUT2D eigenvalue weighted by Gasteiger charge is -2.38. The Kier molecular flexibility index (Phi) is 14.0. The number of rotatable bonds is 12. The SMILES string of the molecule is CCOC(=O)C#C[C@H](CCC#C[Si](C(C)C)(C(C)C)C(C)C)[C@H](C)CCOCc1ccccc1. The van der Waals surface area contributed by atoms with Gasteiger partial charge < -0.3 is 9.47 Å². The van der Waals surface area contributed by atoms with Crippen molar-refractivity contribution in [1.82, 2.24) is 0 Å². The van der Waals surface area contributed by atoms with Crippen LogP contribution in [0.4, 0.5) is 0 Å². The Morgan fingerprint density at radius 1 is 0.941 bits per heavy atom. The molecule has 0 saturated carbocycles. The van der Waals surface area contributed by atoms with Crippen LogP contribution in [0.3, 0.4) is 0 Å². The van der Waals surface area contributed by atoms with Crippen molar-refractivity contribution < 1.29 is 14.3 Å².